The molecule has 4 heteroatoms. The maximum atomic E-state index is 11.2. The van der Waals surface area contributed by atoms with Gasteiger partial charge in [0, 0.05) is 17.3 Å². The third kappa shape index (κ3) is 5.68. The lowest BCUT2D eigenvalue weighted by Crippen LogP contribution is -2.22. The Morgan fingerprint density at radius 2 is 1.15 bits per heavy atom. The largest absolute Gasteiger partial charge is 0.507 e. The number of aromatic nitrogens is 3. The van der Waals surface area contributed by atoms with Crippen LogP contribution in [0.1, 0.15) is 52.7 Å². The molecule has 0 aliphatic carbocycles. The van der Waals surface area contributed by atoms with Gasteiger partial charge in [0.05, 0.1) is 28.0 Å². The number of rotatable bonds is 5. The fourth-order valence-corrected chi connectivity index (χ4v) is 6.64. The van der Waals surface area contributed by atoms with Crippen molar-refractivity contribution in [3.63, 3.8) is 0 Å². The molecule has 238 valence electrons. The van der Waals surface area contributed by atoms with Crippen LogP contribution in [0.2, 0.25) is 0 Å². The Balaban J connectivity index is 1.49. The smallest absolute Gasteiger partial charge is 0.149 e. The molecular formula is C44H41N3O. The van der Waals surface area contributed by atoms with Crippen LogP contribution in [0.3, 0.4) is 0 Å². The number of pyridine rings is 1. The molecule has 0 spiro atoms. The van der Waals surface area contributed by atoms with Crippen molar-refractivity contribution >= 4 is 11.0 Å². The summed E-state index contributed by atoms with van der Waals surface area (Å²) in [4.78, 5) is 10.1. The molecule has 0 aliphatic rings. The van der Waals surface area contributed by atoms with E-state index < -0.39 is 0 Å². The first-order valence-electron chi connectivity index (χ1n) is 16.6. The minimum absolute atomic E-state index is 0.142. The zero-order valence-corrected chi connectivity index (χ0v) is 28.5. The molecule has 2 aromatic heterocycles. The van der Waals surface area contributed by atoms with Gasteiger partial charge in [-0.2, -0.15) is 0 Å². The van der Waals surface area contributed by atoms with Crippen LogP contribution in [0, 0.1) is 0 Å². The number of fused-ring (bicyclic) bond motifs is 1. The van der Waals surface area contributed by atoms with Crippen molar-refractivity contribution in [2.45, 2.75) is 52.4 Å². The van der Waals surface area contributed by atoms with Crippen LogP contribution in [-0.4, -0.2) is 19.6 Å². The average Bonchev–Trinajstić information content (AvgIpc) is 3.47. The zero-order valence-electron chi connectivity index (χ0n) is 28.5. The van der Waals surface area contributed by atoms with Crippen molar-refractivity contribution in [2.75, 3.05) is 0 Å². The fraction of sp³-hybridized carbons (Fsp3) is 0.182. The third-order valence-corrected chi connectivity index (χ3v) is 9.04. The summed E-state index contributed by atoms with van der Waals surface area (Å²) in [6.07, 6.45) is 1.88. The molecule has 0 fully saturated rings. The zero-order chi connectivity index (χ0) is 33.6. The van der Waals surface area contributed by atoms with Gasteiger partial charge in [0.15, 0.2) is 0 Å². The van der Waals surface area contributed by atoms with Gasteiger partial charge in [-0.3, -0.25) is 9.55 Å². The number of hydrogen-bond acceptors (Lipinski definition) is 3. The van der Waals surface area contributed by atoms with Crippen LogP contribution in [0.4, 0.5) is 0 Å². The van der Waals surface area contributed by atoms with Crippen molar-refractivity contribution in [1.82, 2.24) is 14.5 Å². The van der Waals surface area contributed by atoms with Gasteiger partial charge in [-0.25, -0.2) is 4.98 Å². The first-order valence-corrected chi connectivity index (χ1v) is 16.6. The van der Waals surface area contributed by atoms with Crippen molar-refractivity contribution in [1.29, 1.82) is 0 Å². The van der Waals surface area contributed by atoms with Crippen molar-refractivity contribution < 1.29 is 5.11 Å². The van der Waals surface area contributed by atoms with Gasteiger partial charge in [-0.1, -0.05) is 133 Å². The predicted molar refractivity (Wildman–Crippen MR) is 200 cm³/mol. The highest BCUT2D eigenvalue weighted by Gasteiger charge is 2.30. The van der Waals surface area contributed by atoms with Gasteiger partial charge in [-0.15, -0.1) is 0 Å². The number of benzene rings is 5. The monoisotopic (exact) mass is 627 g/mol. The fourth-order valence-electron chi connectivity index (χ4n) is 6.64. The summed E-state index contributed by atoms with van der Waals surface area (Å²) in [5.74, 6) is 0.915. The summed E-state index contributed by atoms with van der Waals surface area (Å²) in [6.45, 7) is 13.6. The second-order valence-corrected chi connectivity index (χ2v) is 14.5. The predicted octanol–water partition coefficient (Wildman–Crippen LogP) is 11.4. The van der Waals surface area contributed by atoms with Crippen molar-refractivity contribution in [2.24, 2.45) is 0 Å². The molecule has 0 aliphatic heterocycles. The Kier molecular flexibility index (Phi) is 7.75. The molecular weight excluding hydrogens is 587 g/mol. The number of imidazole rings is 1. The van der Waals surface area contributed by atoms with E-state index in [1.54, 1.807) is 6.07 Å². The second-order valence-electron chi connectivity index (χ2n) is 14.5. The minimum atomic E-state index is -0.142. The Bertz CT molecular complexity index is 2230. The quantitative estimate of drug-likeness (QED) is 0.207. The summed E-state index contributed by atoms with van der Waals surface area (Å²) in [6, 6.07) is 43.7. The van der Waals surface area contributed by atoms with Crippen molar-refractivity contribution in [3.05, 3.63) is 145 Å². The highest BCUT2D eigenvalue weighted by Crippen LogP contribution is 2.43. The minimum Gasteiger partial charge on any atom is -0.507 e. The molecule has 2 heterocycles. The normalized spacial score (nSPS) is 12.0. The average molecular weight is 628 g/mol. The molecule has 48 heavy (non-hydrogen) atoms. The first-order chi connectivity index (χ1) is 23.0. The summed E-state index contributed by atoms with van der Waals surface area (Å²) in [5, 5.41) is 11.2. The molecule has 5 aromatic carbocycles. The molecule has 7 aromatic rings. The molecule has 0 saturated heterocycles. The maximum absolute atomic E-state index is 11.2. The van der Waals surface area contributed by atoms with E-state index in [-0.39, 0.29) is 16.6 Å². The van der Waals surface area contributed by atoms with Gasteiger partial charge in [-0.05, 0) is 75.0 Å². The summed E-state index contributed by atoms with van der Waals surface area (Å²) in [7, 11) is 0. The number of nitrogens with zero attached hydrogens (tertiary/aromatic N) is 3. The van der Waals surface area contributed by atoms with E-state index in [1.807, 2.05) is 30.5 Å². The topological polar surface area (TPSA) is 50.9 Å². The van der Waals surface area contributed by atoms with Gasteiger partial charge < -0.3 is 5.11 Å². The maximum Gasteiger partial charge on any atom is 0.149 e. The molecule has 0 amide bonds. The van der Waals surface area contributed by atoms with Crippen molar-refractivity contribution in [3.8, 4) is 56.3 Å². The van der Waals surface area contributed by atoms with E-state index in [0.717, 1.165) is 50.2 Å². The summed E-state index contributed by atoms with van der Waals surface area (Å²) < 4.78 is 2.28. The molecule has 0 saturated carbocycles. The van der Waals surface area contributed by atoms with Crippen LogP contribution < -0.4 is 0 Å². The summed E-state index contributed by atoms with van der Waals surface area (Å²) >= 11 is 0. The van der Waals surface area contributed by atoms with Gasteiger partial charge in [0.1, 0.15) is 11.6 Å². The lowest BCUT2D eigenvalue weighted by Gasteiger charge is -2.31. The SMILES string of the molecule is CC(C)(C)c1cccc(C(C)(C)C)c1-n1c(-c2ccccc2O)nc2c(-c3cccc(-c4cc(-c5ccccc5)ccn4)c3)cccc21. The van der Waals surface area contributed by atoms with E-state index in [2.05, 4.69) is 143 Å². The number of aromatic hydroxyl groups is 1. The molecule has 1 N–H and O–H groups in total. The number of phenolic OH excluding ortho intramolecular Hbond substituents is 1. The molecule has 0 atom stereocenters. The molecule has 0 unspecified atom stereocenters. The molecule has 7 rings (SSSR count). The number of phenols is 1. The van der Waals surface area contributed by atoms with E-state index in [1.165, 1.54) is 11.1 Å². The number of hydrogen-bond donors (Lipinski definition) is 1. The molecule has 0 radical (unpaired) electrons. The lowest BCUT2D eigenvalue weighted by molar-refractivity contribution is 0.477. The number of para-hydroxylation sites is 3. The molecule has 0 bridgehead atoms. The molecule has 4 nitrogen and oxygen atoms in total. The van der Waals surface area contributed by atoms with Gasteiger partial charge >= 0.3 is 0 Å². The first kappa shape index (κ1) is 31.1. The van der Waals surface area contributed by atoms with Crippen LogP contribution in [0.15, 0.2) is 134 Å². The van der Waals surface area contributed by atoms with E-state index in [0.29, 0.717) is 11.4 Å². The third-order valence-electron chi connectivity index (χ3n) is 9.04. The lowest BCUT2D eigenvalue weighted by atomic mass is 9.78. The van der Waals surface area contributed by atoms with E-state index >= 15 is 0 Å². The highest BCUT2D eigenvalue weighted by molar-refractivity contribution is 5.97. The van der Waals surface area contributed by atoms with Crippen LogP contribution in [0.5, 0.6) is 5.75 Å². The van der Waals surface area contributed by atoms with Gasteiger partial charge in [0.25, 0.3) is 0 Å². The Morgan fingerprint density at radius 1 is 0.542 bits per heavy atom. The van der Waals surface area contributed by atoms with Crippen LogP contribution >= 0.6 is 0 Å². The Morgan fingerprint density at radius 3 is 1.85 bits per heavy atom. The standard InChI is InChI=1S/C44H41N3O/c1-43(2,3)35-21-14-22-36(44(4,5)6)41(35)47-38-23-13-20-33(40(38)46-42(47)34-19-10-11-24-39(34)48)31-17-12-18-32(27-31)37-28-30(25-26-45-37)29-15-8-7-9-16-29/h7-28,48H,1-6H3. The van der Waals surface area contributed by atoms with E-state index in [9.17, 15) is 5.11 Å². The Hall–Kier alpha value is -5.48. The van der Waals surface area contributed by atoms with Gasteiger partial charge in [0.2, 0.25) is 0 Å². The summed E-state index contributed by atoms with van der Waals surface area (Å²) in [5.41, 5.74) is 12.2. The van der Waals surface area contributed by atoms with Crippen LogP contribution in [-0.2, 0) is 10.8 Å². The van der Waals surface area contributed by atoms with Crippen LogP contribution in [0.25, 0.3) is 61.6 Å². The highest BCUT2D eigenvalue weighted by atomic mass is 16.3. The Labute approximate surface area is 283 Å². The van der Waals surface area contributed by atoms with E-state index in [4.69, 9.17) is 9.97 Å². The second kappa shape index (κ2) is 12.0.